The van der Waals surface area contributed by atoms with Gasteiger partial charge in [0.25, 0.3) is 11.8 Å². The van der Waals surface area contributed by atoms with Crippen LogP contribution < -0.4 is 9.80 Å². The SMILES string of the molecule is CC1CN(C2=C(c3ccccc3)C(=O)N(c3cccc(N(C)C)c3)C2=O)CC(C)O1. The highest BCUT2D eigenvalue weighted by Gasteiger charge is 2.43. The second-order valence-corrected chi connectivity index (χ2v) is 8.11. The van der Waals surface area contributed by atoms with Gasteiger partial charge >= 0.3 is 0 Å². The van der Waals surface area contributed by atoms with E-state index in [0.717, 1.165) is 11.3 Å². The van der Waals surface area contributed by atoms with Gasteiger partial charge in [-0.2, -0.15) is 0 Å². The van der Waals surface area contributed by atoms with Crippen molar-refractivity contribution in [1.82, 2.24) is 4.90 Å². The Morgan fingerprint density at radius 1 is 0.900 bits per heavy atom. The van der Waals surface area contributed by atoms with Crippen LogP contribution in [-0.2, 0) is 14.3 Å². The summed E-state index contributed by atoms with van der Waals surface area (Å²) in [5, 5.41) is 0. The second kappa shape index (κ2) is 7.95. The predicted molar refractivity (Wildman–Crippen MR) is 118 cm³/mol. The van der Waals surface area contributed by atoms with E-state index in [0.29, 0.717) is 30.0 Å². The number of hydrogen-bond donors (Lipinski definition) is 0. The summed E-state index contributed by atoms with van der Waals surface area (Å²) in [6, 6.07) is 16.9. The minimum atomic E-state index is -0.288. The lowest BCUT2D eigenvalue weighted by Gasteiger charge is -2.37. The molecule has 156 valence electrons. The number of hydrogen-bond acceptors (Lipinski definition) is 5. The van der Waals surface area contributed by atoms with Crippen LogP contribution in [0.3, 0.4) is 0 Å². The summed E-state index contributed by atoms with van der Waals surface area (Å²) < 4.78 is 5.85. The van der Waals surface area contributed by atoms with E-state index in [9.17, 15) is 9.59 Å². The molecule has 1 fully saturated rings. The van der Waals surface area contributed by atoms with Crippen LogP contribution in [0, 0.1) is 0 Å². The molecule has 2 aliphatic rings. The Bertz CT molecular complexity index is 990. The summed E-state index contributed by atoms with van der Waals surface area (Å²) >= 11 is 0. The van der Waals surface area contributed by atoms with E-state index in [4.69, 9.17) is 4.74 Å². The maximum atomic E-state index is 13.6. The molecule has 30 heavy (non-hydrogen) atoms. The standard InChI is InChI=1S/C24H27N3O3/c1-16-14-26(15-17(2)30-16)22-21(18-9-6-5-7-10-18)23(28)27(24(22)29)20-12-8-11-19(13-20)25(3)4/h5-13,16-17H,14-15H2,1-4H3. The number of carbonyl (C=O) groups excluding carboxylic acids is 2. The first-order valence-electron chi connectivity index (χ1n) is 10.2. The molecule has 0 radical (unpaired) electrons. The summed E-state index contributed by atoms with van der Waals surface area (Å²) in [7, 11) is 3.87. The van der Waals surface area contributed by atoms with Gasteiger partial charge in [0.1, 0.15) is 5.70 Å². The maximum absolute atomic E-state index is 13.6. The molecule has 6 nitrogen and oxygen atoms in total. The van der Waals surface area contributed by atoms with Gasteiger partial charge in [-0.25, -0.2) is 4.90 Å². The van der Waals surface area contributed by atoms with Crippen LogP contribution in [0.15, 0.2) is 60.3 Å². The van der Waals surface area contributed by atoms with E-state index in [2.05, 4.69) is 0 Å². The van der Waals surface area contributed by atoms with E-state index < -0.39 is 0 Å². The number of carbonyl (C=O) groups is 2. The molecular formula is C24H27N3O3. The molecule has 0 aromatic heterocycles. The molecular weight excluding hydrogens is 378 g/mol. The Labute approximate surface area is 177 Å². The first kappa shape index (κ1) is 20.2. The average molecular weight is 405 g/mol. The molecule has 1 saturated heterocycles. The highest BCUT2D eigenvalue weighted by atomic mass is 16.5. The molecule has 6 heteroatoms. The summed E-state index contributed by atoms with van der Waals surface area (Å²) in [5.74, 6) is -0.569. The Morgan fingerprint density at radius 3 is 2.20 bits per heavy atom. The lowest BCUT2D eigenvalue weighted by Crippen LogP contribution is -2.47. The second-order valence-electron chi connectivity index (χ2n) is 8.11. The van der Waals surface area contributed by atoms with Gasteiger partial charge in [0.05, 0.1) is 23.5 Å². The van der Waals surface area contributed by atoms with Crippen LogP contribution in [0.2, 0.25) is 0 Å². The number of imide groups is 1. The van der Waals surface area contributed by atoms with E-state index >= 15 is 0 Å². The van der Waals surface area contributed by atoms with Gasteiger partial charge in [0.15, 0.2) is 0 Å². The number of benzene rings is 2. The summed E-state index contributed by atoms with van der Waals surface area (Å²) in [5.41, 5.74) is 3.18. The van der Waals surface area contributed by atoms with Crippen molar-refractivity contribution >= 4 is 28.8 Å². The number of anilines is 2. The molecule has 0 aliphatic carbocycles. The Morgan fingerprint density at radius 2 is 1.57 bits per heavy atom. The van der Waals surface area contributed by atoms with E-state index in [1.165, 1.54) is 4.90 Å². The van der Waals surface area contributed by atoms with Crippen molar-refractivity contribution in [2.45, 2.75) is 26.1 Å². The fraction of sp³-hybridized carbons (Fsp3) is 0.333. The van der Waals surface area contributed by atoms with E-state index in [1.54, 1.807) is 6.07 Å². The predicted octanol–water partition coefficient (Wildman–Crippen LogP) is 3.15. The van der Waals surface area contributed by atoms with Crippen molar-refractivity contribution in [2.24, 2.45) is 0 Å². The van der Waals surface area contributed by atoms with Crippen molar-refractivity contribution in [3.05, 3.63) is 65.9 Å². The number of nitrogens with zero attached hydrogens (tertiary/aromatic N) is 3. The first-order chi connectivity index (χ1) is 14.4. The van der Waals surface area contributed by atoms with Crippen LogP contribution in [-0.4, -0.2) is 56.1 Å². The zero-order chi connectivity index (χ0) is 21.4. The molecule has 2 unspecified atom stereocenters. The van der Waals surface area contributed by atoms with Gasteiger partial charge in [0, 0.05) is 32.9 Å². The third-order valence-electron chi connectivity index (χ3n) is 5.46. The van der Waals surface area contributed by atoms with Crippen LogP contribution in [0.4, 0.5) is 11.4 Å². The van der Waals surface area contributed by atoms with Crippen LogP contribution in [0.1, 0.15) is 19.4 Å². The zero-order valence-electron chi connectivity index (χ0n) is 17.8. The number of amides is 2. The van der Waals surface area contributed by atoms with Crippen molar-refractivity contribution in [3.63, 3.8) is 0 Å². The molecule has 0 bridgehead atoms. The lowest BCUT2D eigenvalue weighted by molar-refractivity contribution is -0.121. The zero-order valence-corrected chi connectivity index (χ0v) is 17.8. The van der Waals surface area contributed by atoms with Gasteiger partial charge < -0.3 is 14.5 Å². The van der Waals surface area contributed by atoms with Crippen molar-refractivity contribution in [1.29, 1.82) is 0 Å². The van der Waals surface area contributed by atoms with E-state index in [-0.39, 0.29) is 24.0 Å². The number of ether oxygens (including phenoxy) is 1. The maximum Gasteiger partial charge on any atom is 0.282 e. The summed E-state index contributed by atoms with van der Waals surface area (Å²) in [6.45, 7) is 5.12. The fourth-order valence-corrected chi connectivity index (χ4v) is 4.18. The fourth-order valence-electron chi connectivity index (χ4n) is 4.18. The Balaban J connectivity index is 1.81. The lowest BCUT2D eigenvalue weighted by atomic mass is 10.0. The molecule has 4 rings (SSSR count). The van der Waals surface area contributed by atoms with Crippen LogP contribution >= 0.6 is 0 Å². The smallest absolute Gasteiger partial charge is 0.282 e. The van der Waals surface area contributed by atoms with Crippen molar-refractivity contribution < 1.29 is 14.3 Å². The van der Waals surface area contributed by atoms with Gasteiger partial charge in [-0.15, -0.1) is 0 Å². The van der Waals surface area contributed by atoms with E-state index in [1.807, 2.05) is 86.3 Å². The Kier molecular flexibility index (Phi) is 5.35. The summed E-state index contributed by atoms with van der Waals surface area (Å²) in [4.78, 5) is 32.5. The molecule has 2 atom stereocenters. The molecule has 0 spiro atoms. The number of rotatable bonds is 4. The minimum Gasteiger partial charge on any atom is -0.378 e. The Hall–Kier alpha value is -3.12. The van der Waals surface area contributed by atoms with Gasteiger partial charge in [-0.3, -0.25) is 9.59 Å². The monoisotopic (exact) mass is 405 g/mol. The van der Waals surface area contributed by atoms with Gasteiger partial charge in [-0.05, 0) is 37.6 Å². The average Bonchev–Trinajstić information content (AvgIpc) is 2.98. The molecule has 0 saturated carbocycles. The molecule has 0 N–H and O–H groups in total. The normalized spacial score (nSPS) is 22.1. The van der Waals surface area contributed by atoms with Crippen LogP contribution in [0.25, 0.3) is 5.57 Å². The minimum absolute atomic E-state index is 0.0210. The quantitative estimate of drug-likeness (QED) is 0.732. The molecule has 2 aromatic rings. The molecule has 2 aliphatic heterocycles. The van der Waals surface area contributed by atoms with Crippen molar-refractivity contribution in [3.8, 4) is 0 Å². The topological polar surface area (TPSA) is 53.1 Å². The van der Waals surface area contributed by atoms with Gasteiger partial charge in [-0.1, -0.05) is 36.4 Å². The highest BCUT2D eigenvalue weighted by molar-refractivity contribution is 6.45. The molecule has 2 heterocycles. The molecule has 2 amide bonds. The number of morpholine rings is 1. The first-order valence-corrected chi connectivity index (χ1v) is 10.2. The third kappa shape index (κ3) is 3.59. The highest BCUT2D eigenvalue weighted by Crippen LogP contribution is 2.36. The van der Waals surface area contributed by atoms with Gasteiger partial charge in [0.2, 0.25) is 0 Å². The van der Waals surface area contributed by atoms with Crippen LogP contribution in [0.5, 0.6) is 0 Å². The molecule has 2 aromatic carbocycles. The van der Waals surface area contributed by atoms with Crippen molar-refractivity contribution in [2.75, 3.05) is 37.0 Å². The third-order valence-corrected chi connectivity index (χ3v) is 5.46. The largest absolute Gasteiger partial charge is 0.378 e. The summed E-state index contributed by atoms with van der Waals surface area (Å²) in [6.07, 6.45) is -0.0420.